The van der Waals surface area contributed by atoms with Crippen LogP contribution in [0.3, 0.4) is 0 Å². The molecule has 0 amide bonds. The molecule has 5 heteroatoms. The highest BCUT2D eigenvalue weighted by Gasteiger charge is 2.34. The number of halogens is 1. The molecule has 1 N–H and O–H groups in total. The van der Waals surface area contributed by atoms with Gasteiger partial charge >= 0.3 is 5.97 Å². The first-order valence-electron chi connectivity index (χ1n) is 6.46. The Hall–Kier alpha value is -2.04. The molecule has 0 saturated carbocycles. The largest absolute Gasteiger partial charge is 0.477 e. The summed E-state index contributed by atoms with van der Waals surface area (Å²) in [5.74, 6) is -0.671. The number of benzene rings is 2. The first-order valence-corrected chi connectivity index (χ1v) is 6.84. The van der Waals surface area contributed by atoms with Gasteiger partial charge in [0.15, 0.2) is 0 Å². The van der Waals surface area contributed by atoms with E-state index in [9.17, 15) is 4.79 Å². The van der Waals surface area contributed by atoms with Crippen LogP contribution in [0.5, 0.6) is 5.75 Å². The number of aliphatic carboxylic acids is 1. The van der Waals surface area contributed by atoms with Crippen LogP contribution in [0.4, 0.5) is 0 Å². The summed E-state index contributed by atoms with van der Waals surface area (Å²) < 4.78 is 10.9. The fourth-order valence-electron chi connectivity index (χ4n) is 2.34. The number of fused-ring (bicyclic) bond motifs is 1. The highest BCUT2D eigenvalue weighted by molar-refractivity contribution is 6.31. The lowest BCUT2D eigenvalue weighted by Crippen LogP contribution is -2.35. The molecule has 0 aliphatic carbocycles. The first kappa shape index (κ1) is 13.9. The van der Waals surface area contributed by atoms with Gasteiger partial charge in [0.05, 0.1) is 0 Å². The van der Waals surface area contributed by atoms with Gasteiger partial charge in [0.2, 0.25) is 0 Å². The SMILES string of the molecule is Cc1ccc(C2OC(C(=O)O)Oc3ccccc32)c(Cl)c1. The van der Waals surface area contributed by atoms with Gasteiger partial charge in [-0.3, -0.25) is 0 Å². The molecule has 4 nitrogen and oxygen atoms in total. The molecule has 1 aliphatic rings. The third-order valence-electron chi connectivity index (χ3n) is 3.34. The highest BCUT2D eigenvalue weighted by atomic mass is 35.5. The minimum atomic E-state index is -1.35. The predicted molar refractivity (Wildman–Crippen MR) is 77.6 cm³/mol. The van der Waals surface area contributed by atoms with Crippen molar-refractivity contribution in [1.82, 2.24) is 0 Å². The second kappa shape index (κ2) is 5.39. The molecule has 108 valence electrons. The van der Waals surface area contributed by atoms with Crippen LogP contribution in [-0.2, 0) is 9.53 Å². The third-order valence-corrected chi connectivity index (χ3v) is 3.66. The molecule has 2 aromatic rings. The highest BCUT2D eigenvalue weighted by Crippen LogP contribution is 2.40. The van der Waals surface area contributed by atoms with E-state index < -0.39 is 18.4 Å². The third kappa shape index (κ3) is 2.60. The van der Waals surface area contributed by atoms with Gasteiger partial charge in [-0.1, -0.05) is 41.9 Å². The fourth-order valence-corrected chi connectivity index (χ4v) is 2.67. The van der Waals surface area contributed by atoms with Gasteiger partial charge < -0.3 is 14.6 Å². The molecule has 1 heterocycles. The summed E-state index contributed by atoms with van der Waals surface area (Å²) in [4.78, 5) is 11.2. The molecule has 0 fully saturated rings. The van der Waals surface area contributed by atoms with Crippen molar-refractivity contribution in [3.05, 3.63) is 64.2 Å². The number of para-hydroxylation sites is 1. The molecule has 0 spiro atoms. The smallest absolute Gasteiger partial charge is 0.373 e. The molecule has 0 aromatic heterocycles. The van der Waals surface area contributed by atoms with Crippen LogP contribution >= 0.6 is 11.6 Å². The summed E-state index contributed by atoms with van der Waals surface area (Å²) in [5, 5.41) is 9.70. The van der Waals surface area contributed by atoms with E-state index in [1.807, 2.05) is 37.3 Å². The lowest BCUT2D eigenvalue weighted by molar-refractivity contribution is -0.183. The number of rotatable bonds is 2. The van der Waals surface area contributed by atoms with E-state index in [-0.39, 0.29) is 0 Å². The summed E-state index contributed by atoms with van der Waals surface area (Å²) >= 11 is 6.29. The number of carboxylic acids is 1. The van der Waals surface area contributed by atoms with Crippen LogP contribution in [0.25, 0.3) is 0 Å². The van der Waals surface area contributed by atoms with E-state index >= 15 is 0 Å². The average molecular weight is 305 g/mol. The molecule has 3 rings (SSSR count). The topological polar surface area (TPSA) is 55.8 Å². The van der Waals surface area contributed by atoms with Gasteiger partial charge in [-0.15, -0.1) is 0 Å². The van der Waals surface area contributed by atoms with E-state index in [0.717, 1.165) is 16.7 Å². The van der Waals surface area contributed by atoms with Crippen molar-refractivity contribution in [2.75, 3.05) is 0 Å². The van der Waals surface area contributed by atoms with Gasteiger partial charge in [0.1, 0.15) is 11.9 Å². The van der Waals surface area contributed by atoms with E-state index in [1.165, 1.54) is 0 Å². The second-order valence-corrected chi connectivity index (χ2v) is 5.27. The molecule has 0 radical (unpaired) electrons. The van der Waals surface area contributed by atoms with Crippen LogP contribution < -0.4 is 4.74 Å². The lowest BCUT2D eigenvalue weighted by atomic mass is 9.98. The Morgan fingerprint density at radius 3 is 2.67 bits per heavy atom. The van der Waals surface area contributed by atoms with Crippen molar-refractivity contribution in [3.8, 4) is 5.75 Å². The molecule has 2 unspecified atom stereocenters. The van der Waals surface area contributed by atoms with E-state index in [4.69, 9.17) is 26.2 Å². The first-order chi connectivity index (χ1) is 10.1. The summed E-state index contributed by atoms with van der Waals surface area (Å²) in [7, 11) is 0. The Kier molecular flexibility index (Phi) is 3.57. The fraction of sp³-hybridized carbons (Fsp3) is 0.188. The Bertz CT molecular complexity index is 698. The standard InChI is InChI=1S/C16H13ClO4/c1-9-6-7-10(12(17)8-9)14-11-4-2-3-5-13(11)20-16(21-14)15(18)19/h2-8,14,16H,1H3,(H,18,19). The number of hydrogen-bond donors (Lipinski definition) is 1. The molecule has 2 aromatic carbocycles. The second-order valence-electron chi connectivity index (χ2n) is 4.87. The van der Waals surface area contributed by atoms with Crippen molar-refractivity contribution in [3.63, 3.8) is 0 Å². The molecule has 2 atom stereocenters. The number of ether oxygens (including phenoxy) is 2. The van der Waals surface area contributed by atoms with Crippen molar-refractivity contribution < 1.29 is 19.4 Å². The Balaban J connectivity index is 2.09. The molecule has 0 saturated heterocycles. The van der Waals surface area contributed by atoms with Crippen LogP contribution in [0.2, 0.25) is 5.02 Å². The number of carbonyl (C=O) groups is 1. The van der Waals surface area contributed by atoms with E-state index in [2.05, 4.69) is 0 Å². The molecule has 1 aliphatic heterocycles. The summed E-state index contributed by atoms with van der Waals surface area (Å²) in [6.07, 6.45) is -1.91. The van der Waals surface area contributed by atoms with Crippen LogP contribution in [-0.4, -0.2) is 17.4 Å². The Labute approximate surface area is 126 Å². The number of carboxylic acid groups (broad SMARTS) is 1. The average Bonchev–Trinajstić information content (AvgIpc) is 2.46. The predicted octanol–water partition coefficient (Wildman–Crippen LogP) is 3.56. The minimum absolute atomic E-state index is 0.498. The van der Waals surface area contributed by atoms with Crippen molar-refractivity contribution in [2.45, 2.75) is 19.3 Å². The Morgan fingerprint density at radius 1 is 1.19 bits per heavy atom. The summed E-state index contributed by atoms with van der Waals surface area (Å²) in [6, 6.07) is 12.8. The zero-order chi connectivity index (χ0) is 15.0. The van der Waals surface area contributed by atoms with Crippen molar-refractivity contribution in [1.29, 1.82) is 0 Å². The maximum Gasteiger partial charge on any atom is 0.373 e. The lowest BCUT2D eigenvalue weighted by Gasteiger charge is -2.31. The Morgan fingerprint density at radius 2 is 1.95 bits per heavy atom. The molecular weight excluding hydrogens is 292 g/mol. The molecular formula is C16H13ClO4. The summed E-state index contributed by atoms with van der Waals surface area (Å²) in [5.41, 5.74) is 2.52. The zero-order valence-corrected chi connectivity index (χ0v) is 12.0. The molecule has 21 heavy (non-hydrogen) atoms. The maximum absolute atomic E-state index is 11.2. The maximum atomic E-state index is 11.2. The monoisotopic (exact) mass is 304 g/mol. The minimum Gasteiger partial charge on any atom is -0.477 e. The normalized spacial score (nSPS) is 20.5. The van der Waals surface area contributed by atoms with Crippen LogP contribution in [0, 0.1) is 6.92 Å². The summed E-state index contributed by atoms with van der Waals surface area (Å²) in [6.45, 7) is 1.94. The van der Waals surface area contributed by atoms with Gasteiger partial charge in [-0.2, -0.15) is 0 Å². The van der Waals surface area contributed by atoms with Crippen LogP contribution in [0.1, 0.15) is 22.8 Å². The van der Waals surface area contributed by atoms with Gasteiger partial charge in [-0.25, -0.2) is 4.79 Å². The van der Waals surface area contributed by atoms with Crippen LogP contribution in [0.15, 0.2) is 42.5 Å². The van der Waals surface area contributed by atoms with Gasteiger partial charge in [-0.05, 0) is 24.6 Å². The number of aryl methyl sites for hydroxylation is 1. The van der Waals surface area contributed by atoms with E-state index in [1.54, 1.807) is 12.1 Å². The molecule has 0 bridgehead atoms. The zero-order valence-electron chi connectivity index (χ0n) is 11.2. The van der Waals surface area contributed by atoms with E-state index in [0.29, 0.717) is 10.8 Å². The van der Waals surface area contributed by atoms with Crippen molar-refractivity contribution >= 4 is 17.6 Å². The van der Waals surface area contributed by atoms with Gasteiger partial charge in [0.25, 0.3) is 6.29 Å². The quantitative estimate of drug-likeness (QED) is 0.921. The number of hydrogen-bond acceptors (Lipinski definition) is 3. The van der Waals surface area contributed by atoms with Gasteiger partial charge in [0, 0.05) is 16.1 Å². The van der Waals surface area contributed by atoms with Crippen molar-refractivity contribution in [2.24, 2.45) is 0 Å².